The van der Waals surface area contributed by atoms with Crippen LogP contribution in [0.15, 0.2) is 34.8 Å². The van der Waals surface area contributed by atoms with E-state index in [0.29, 0.717) is 6.54 Å². The number of H-pyrrole nitrogens is 1. The van der Waals surface area contributed by atoms with Gasteiger partial charge in [0.1, 0.15) is 0 Å². The number of hydrogen-bond acceptors (Lipinski definition) is 2. The maximum absolute atomic E-state index is 5.48. The normalized spacial score (nSPS) is 10.5. The molecule has 3 N–H and O–H groups in total. The van der Waals surface area contributed by atoms with Crippen LogP contribution in [-0.2, 0) is 6.42 Å². The van der Waals surface area contributed by atoms with Gasteiger partial charge in [-0.1, -0.05) is 28.1 Å². The van der Waals surface area contributed by atoms with E-state index in [1.807, 2.05) is 30.3 Å². The predicted octanol–water partition coefficient (Wildman–Crippen LogP) is 2.34. The molecular weight excluding hydrogens is 254 g/mol. The predicted molar refractivity (Wildman–Crippen MR) is 64.5 cm³/mol. The van der Waals surface area contributed by atoms with Gasteiger partial charge in [0.25, 0.3) is 0 Å². The van der Waals surface area contributed by atoms with Crippen LogP contribution in [0, 0.1) is 0 Å². The average molecular weight is 266 g/mol. The van der Waals surface area contributed by atoms with E-state index in [9.17, 15) is 0 Å². The second kappa shape index (κ2) is 4.59. The summed E-state index contributed by atoms with van der Waals surface area (Å²) in [7, 11) is 0. The van der Waals surface area contributed by atoms with Gasteiger partial charge < -0.3 is 5.73 Å². The molecule has 0 unspecified atom stereocenters. The van der Waals surface area contributed by atoms with E-state index in [4.69, 9.17) is 5.73 Å². The Hall–Kier alpha value is -1.13. The zero-order valence-corrected chi connectivity index (χ0v) is 9.79. The van der Waals surface area contributed by atoms with Crippen LogP contribution in [0.25, 0.3) is 11.3 Å². The maximum Gasteiger partial charge on any atom is 0.0923 e. The molecule has 78 valence electrons. The van der Waals surface area contributed by atoms with E-state index in [1.165, 1.54) is 0 Å². The minimum absolute atomic E-state index is 0.639. The second-order valence-electron chi connectivity index (χ2n) is 3.33. The first-order chi connectivity index (χ1) is 7.29. The fraction of sp³-hybridized carbons (Fsp3) is 0.182. The smallest absolute Gasteiger partial charge is 0.0923 e. The number of aromatic nitrogens is 2. The molecule has 0 aliphatic heterocycles. The quantitative estimate of drug-likeness (QED) is 0.895. The number of nitrogens with zero attached hydrogens (tertiary/aromatic N) is 1. The van der Waals surface area contributed by atoms with Gasteiger partial charge in [-0.3, -0.25) is 5.10 Å². The molecule has 0 amide bonds. The highest BCUT2D eigenvalue weighted by atomic mass is 79.9. The first kappa shape index (κ1) is 10.4. The molecule has 2 rings (SSSR count). The number of benzene rings is 1. The Morgan fingerprint density at radius 1 is 1.33 bits per heavy atom. The van der Waals surface area contributed by atoms with Gasteiger partial charge in [0.15, 0.2) is 0 Å². The molecule has 0 fully saturated rings. The highest BCUT2D eigenvalue weighted by Gasteiger charge is 2.03. The lowest BCUT2D eigenvalue weighted by Crippen LogP contribution is -2.02. The maximum atomic E-state index is 5.48. The summed E-state index contributed by atoms with van der Waals surface area (Å²) in [5.74, 6) is 0. The van der Waals surface area contributed by atoms with Gasteiger partial charge in [-0.25, -0.2) is 0 Å². The topological polar surface area (TPSA) is 54.7 Å². The Kier molecular flexibility index (Phi) is 3.18. The molecule has 0 bridgehead atoms. The number of nitrogens with two attached hydrogens (primary N) is 1. The first-order valence-electron chi connectivity index (χ1n) is 4.80. The van der Waals surface area contributed by atoms with Crippen LogP contribution in [0.4, 0.5) is 0 Å². The van der Waals surface area contributed by atoms with Gasteiger partial charge in [0.05, 0.1) is 5.69 Å². The lowest BCUT2D eigenvalue weighted by atomic mass is 10.1. The minimum atomic E-state index is 0.639. The van der Waals surface area contributed by atoms with Crippen molar-refractivity contribution in [3.63, 3.8) is 0 Å². The third-order valence-corrected chi connectivity index (χ3v) is 2.66. The molecule has 15 heavy (non-hydrogen) atoms. The van der Waals surface area contributed by atoms with Gasteiger partial charge >= 0.3 is 0 Å². The third-order valence-electron chi connectivity index (χ3n) is 2.16. The third kappa shape index (κ3) is 2.46. The fourth-order valence-corrected chi connectivity index (χ4v) is 1.84. The zero-order valence-electron chi connectivity index (χ0n) is 8.20. The first-order valence-corrected chi connectivity index (χ1v) is 5.59. The highest BCUT2D eigenvalue weighted by Crippen LogP contribution is 2.21. The van der Waals surface area contributed by atoms with Crippen LogP contribution in [0.1, 0.15) is 5.69 Å². The van der Waals surface area contributed by atoms with Crippen molar-refractivity contribution in [2.45, 2.75) is 6.42 Å². The van der Waals surface area contributed by atoms with Crippen LogP contribution >= 0.6 is 15.9 Å². The summed E-state index contributed by atoms with van der Waals surface area (Å²) in [6.07, 6.45) is 0.834. The molecule has 0 saturated carbocycles. The lowest BCUT2D eigenvalue weighted by Gasteiger charge is -1.95. The Labute approximate surface area is 96.8 Å². The summed E-state index contributed by atoms with van der Waals surface area (Å²) in [4.78, 5) is 0. The largest absolute Gasteiger partial charge is 0.330 e. The zero-order chi connectivity index (χ0) is 10.7. The number of aromatic amines is 1. The molecule has 0 atom stereocenters. The lowest BCUT2D eigenvalue weighted by molar-refractivity contribution is 0.902. The van der Waals surface area contributed by atoms with Crippen molar-refractivity contribution < 1.29 is 0 Å². The monoisotopic (exact) mass is 265 g/mol. The summed E-state index contributed by atoms with van der Waals surface area (Å²) < 4.78 is 1.06. The molecule has 3 nitrogen and oxygen atoms in total. The second-order valence-corrected chi connectivity index (χ2v) is 4.24. The minimum Gasteiger partial charge on any atom is -0.330 e. The van der Waals surface area contributed by atoms with E-state index in [0.717, 1.165) is 27.8 Å². The Balaban J connectivity index is 2.29. The highest BCUT2D eigenvalue weighted by molar-refractivity contribution is 9.10. The number of hydrogen-bond donors (Lipinski definition) is 2. The summed E-state index contributed by atoms with van der Waals surface area (Å²) in [5.41, 5.74) is 8.61. The molecule has 0 aliphatic carbocycles. The van der Waals surface area contributed by atoms with E-state index >= 15 is 0 Å². The van der Waals surface area contributed by atoms with E-state index in [-0.39, 0.29) is 0 Å². The summed E-state index contributed by atoms with van der Waals surface area (Å²) in [6, 6.07) is 10.1. The van der Waals surface area contributed by atoms with Crippen molar-refractivity contribution >= 4 is 15.9 Å². The average Bonchev–Trinajstić information content (AvgIpc) is 2.67. The molecule has 1 heterocycles. The number of halogens is 1. The molecule has 0 saturated heterocycles. The van der Waals surface area contributed by atoms with Crippen LogP contribution in [0.5, 0.6) is 0 Å². The van der Waals surface area contributed by atoms with Crippen molar-refractivity contribution in [1.29, 1.82) is 0 Å². The van der Waals surface area contributed by atoms with Crippen molar-refractivity contribution in [1.82, 2.24) is 10.2 Å². The molecule has 0 aliphatic rings. The standard InChI is InChI=1S/C11H12BrN3/c12-9-3-1-2-8(6-9)11-7-10(4-5-13)14-15-11/h1-3,6-7H,4-5,13H2,(H,14,15). The van der Waals surface area contributed by atoms with Crippen LogP contribution < -0.4 is 5.73 Å². The van der Waals surface area contributed by atoms with E-state index in [2.05, 4.69) is 26.1 Å². The SMILES string of the molecule is NCCc1cc(-c2cccc(Br)c2)n[nH]1. The molecular formula is C11H12BrN3. The van der Waals surface area contributed by atoms with Crippen molar-refractivity contribution in [3.05, 3.63) is 40.5 Å². The van der Waals surface area contributed by atoms with Crippen LogP contribution in [0.2, 0.25) is 0 Å². The van der Waals surface area contributed by atoms with Gasteiger partial charge in [0, 0.05) is 22.2 Å². The molecule has 4 heteroatoms. The molecule has 1 aromatic carbocycles. The molecule has 0 spiro atoms. The number of rotatable bonds is 3. The number of nitrogens with one attached hydrogen (secondary N) is 1. The Morgan fingerprint density at radius 2 is 2.20 bits per heavy atom. The van der Waals surface area contributed by atoms with Crippen molar-refractivity contribution in [2.75, 3.05) is 6.54 Å². The van der Waals surface area contributed by atoms with Crippen LogP contribution in [-0.4, -0.2) is 16.7 Å². The van der Waals surface area contributed by atoms with Gasteiger partial charge in [-0.2, -0.15) is 5.10 Å². The van der Waals surface area contributed by atoms with Gasteiger partial charge in [0.2, 0.25) is 0 Å². The summed E-state index contributed by atoms with van der Waals surface area (Å²) in [5, 5.41) is 7.22. The molecule has 0 radical (unpaired) electrons. The van der Waals surface area contributed by atoms with Gasteiger partial charge in [-0.15, -0.1) is 0 Å². The molecule has 2 aromatic rings. The summed E-state index contributed by atoms with van der Waals surface area (Å²) in [6.45, 7) is 0.639. The fourth-order valence-electron chi connectivity index (χ4n) is 1.44. The van der Waals surface area contributed by atoms with Crippen molar-refractivity contribution in [3.8, 4) is 11.3 Å². The molecule has 1 aromatic heterocycles. The Bertz CT molecular complexity index is 451. The van der Waals surface area contributed by atoms with Crippen LogP contribution in [0.3, 0.4) is 0 Å². The van der Waals surface area contributed by atoms with Crippen molar-refractivity contribution in [2.24, 2.45) is 5.73 Å². The van der Waals surface area contributed by atoms with E-state index in [1.54, 1.807) is 0 Å². The Morgan fingerprint density at radius 3 is 2.93 bits per heavy atom. The summed E-state index contributed by atoms with van der Waals surface area (Å²) >= 11 is 3.44. The van der Waals surface area contributed by atoms with E-state index < -0.39 is 0 Å². The van der Waals surface area contributed by atoms with Gasteiger partial charge in [-0.05, 0) is 24.7 Å².